The van der Waals surface area contributed by atoms with Crippen LogP contribution in [0.2, 0.25) is 0 Å². The molecule has 82 valence electrons. The third-order valence-corrected chi connectivity index (χ3v) is 3.93. The van der Waals surface area contributed by atoms with Gasteiger partial charge < -0.3 is 5.32 Å². The molecule has 1 aromatic rings. The number of hydrogen-bond acceptors (Lipinski definition) is 2. The number of piperazine rings is 1. The Morgan fingerprint density at radius 2 is 2.00 bits per heavy atom. The first-order valence-electron chi connectivity index (χ1n) is 5.31. The average Bonchev–Trinajstić information content (AvgIpc) is 2.23. The van der Waals surface area contributed by atoms with Crippen LogP contribution in [-0.4, -0.2) is 31.6 Å². The fraction of sp³-hybridized carbons (Fsp3) is 0.500. The second-order valence-corrected chi connectivity index (χ2v) is 5.29. The lowest BCUT2D eigenvalue weighted by atomic mass is 9.89. The van der Waals surface area contributed by atoms with Crippen LogP contribution in [0.25, 0.3) is 0 Å². The van der Waals surface area contributed by atoms with Crippen LogP contribution >= 0.6 is 15.9 Å². The van der Waals surface area contributed by atoms with E-state index in [1.54, 1.807) is 0 Å². The number of halogens is 1. The van der Waals surface area contributed by atoms with Crippen LogP contribution in [0.4, 0.5) is 0 Å². The molecule has 1 atom stereocenters. The Morgan fingerprint density at radius 1 is 1.33 bits per heavy atom. The molecule has 1 unspecified atom stereocenters. The van der Waals surface area contributed by atoms with Crippen molar-refractivity contribution in [3.05, 3.63) is 34.3 Å². The number of nitrogens with one attached hydrogen (secondary N) is 1. The van der Waals surface area contributed by atoms with E-state index in [0.717, 1.165) is 24.1 Å². The Kier molecular flexibility index (Phi) is 3.14. The second kappa shape index (κ2) is 4.24. The molecule has 2 nitrogen and oxygen atoms in total. The first-order valence-corrected chi connectivity index (χ1v) is 6.10. The molecule has 0 aromatic heterocycles. The smallest absolute Gasteiger partial charge is 0.0555 e. The van der Waals surface area contributed by atoms with E-state index in [4.69, 9.17) is 0 Å². The quantitative estimate of drug-likeness (QED) is 0.840. The molecule has 0 saturated carbocycles. The highest BCUT2D eigenvalue weighted by atomic mass is 79.9. The Balaban J connectivity index is 2.30. The molecule has 0 bridgehead atoms. The van der Waals surface area contributed by atoms with Crippen molar-refractivity contribution in [2.75, 3.05) is 26.7 Å². The summed E-state index contributed by atoms with van der Waals surface area (Å²) in [5.41, 5.74) is 1.50. The van der Waals surface area contributed by atoms with E-state index >= 15 is 0 Å². The monoisotopic (exact) mass is 268 g/mol. The van der Waals surface area contributed by atoms with E-state index in [0.29, 0.717) is 0 Å². The number of benzene rings is 1. The third-order valence-electron chi connectivity index (χ3n) is 3.40. The Bertz CT molecular complexity index is 336. The summed E-state index contributed by atoms with van der Waals surface area (Å²) in [6, 6.07) is 8.63. The second-order valence-electron chi connectivity index (χ2n) is 4.38. The van der Waals surface area contributed by atoms with Gasteiger partial charge in [-0.1, -0.05) is 28.1 Å². The Labute approximate surface area is 99.8 Å². The van der Waals surface area contributed by atoms with Crippen molar-refractivity contribution in [3.63, 3.8) is 0 Å². The van der Waals surface area contributed by atoms with E-state index in [1.807, 2.05) is 0 Å². The van der Waals surface area contributed by atoms with Gasteiger partial charge in [-0.25, -0.2) is 0 Å². The minimum atomic E-state index is 0.124. The van der Waals surface area contributed by atoms with Gasteiger partial charge >= 0.3 is 0 Å². The molecule has 1 saturated heterocycles. The summed E-state index contributed by atoms with van der Waals surface area (Å²) in [5.74, 6) is 0. The number of likely N-dealkylation sites (N-methyl/N-ethyl adjacent to an activating group) is 1. The summed E-state index contributed by atoms with van der Waals surface area (Å²) in [5, 5.41) is 3.47. The molecule has 1 aliphatic heterocycles. The first-order chi connectivity index (χ1) is 7.13. The summed E-state index contributed by atoms with van der Waals surface area (Å²) < 4.78 is 1.14. The number of nitrogens with zero attached hydrogens (tertiary/aromatic N) is 1. The van der Waals surface area contributed by atoms with Crippen LogP contribution < -0.4 is 5.32 Å². The van der Waals surface area contributed by atoms with Crippen molar-refractivity contribution in [2.24, 2.45) is 0 Å². The highest BCUT2D eigenvalue weighted by molar-refractivity contribution is 9.10. The van der Waals surface area contributed by atoms with Crippen molar-refractivity contribution in [2.45, 2.75) is 12.5 Å². The molecule has 2 rings (SSSR count). The van der Waals surface area contributed by atoms with Crippen LogP contribution in [0, 0.1) is 0 Å². The highest BCUT2D eigenvalue weighted by Crippen LogP contribution is 2.28. The lowest BCUT2D eigenvalue weighted by Gasteiger charge is -2.43. The van der Waals surface area contributed by atoms with Crippen LogP contribution in [0.3, 0.4) is 0 Å². The fourth-order valence-corrected chi connectivity index (χ4v) is 2.36. The summed E-state index contributed by atoms with van der Waals surface area (Å²) in [6.45, 7) is 5.50. The maximum absolute atomic E-state index is 3.47. The van der Waals surface area contributed by atoms with Gasteiger partial charge in [0.1, 0.15) is 0 Å². The number of rotatable bonds is 1. The molecule has 3 heteroatoms. The fourth-order valence-electron chi connectivity index (χ4n) is 2.09. The van der Waals surface area contributed by atoms with E-state index in [-0.39, 0.29) is 5.54 Å². The third kappa shape index (κ3) is 2.10. The molecule has 1 heterocycles. The normalized spacial score (nSPS) is 27.9. The molecule has 1 aromatic carbocycles. The SMILES string of the molecule is CN1CCNCC1(C)c1ccc(Br)cc1. The van der Waals surface area contributed by atoms with Gasteiger partial charge in [-0.3, -0.25) is 4.90 Å². The van der Waals surface area contributed by atoms with Crippen molar-refractivity contribution >= 4 is 15.9 Å². The molecule has 0 amide bonds. The lowest BCUT2D eigenvalue weighted by molar-refractivity contribution is 0.104. The Morgan fingerprint density at radius 3 is 2.60 bits per heavy atom. The zero-order chi connectivity index (χ0) is 10.9. The minimum absolute atomic E-state index is 0.124. The zero-order valence-electron chi connectivity index (χ0n) is 9.26. The lowest BCUT2D eigenvalue weighted by Crippen LogP contribution is -2.55. The minimum Gasteiger partial charge on any atom is -0.313 e. The topological polar surface area (TPSA) is 15.3 Å². The molecule has 1 aliphatic rings. The zero-order valence-corrected chi connectivity index (χ0v) is 10.8. The summed E-state index contributed by atoms with van der Waals surface area (Å²) in [4.78, 5) is 2.42. The molecule has 1 fully saturated rings. The van der Waals surface area contributed by atoms with E-state index < -0.39 is 0 Å². The van der Waals surface area contributed by atoms with Gasteiger partial charge in [-0.05, 0) is 31.7 Å². The largest absolute Gasteiger partial charge is 0.313 e. The van der Waals surface area contributed by atoms with Crippen LogP contribution in [0.15, 0.2) is 28.7 Å². The van der Waals surface area contributed by atoms with Crippen molar-refractivity contribution in [1.82, 2.24) is 10.2 Å². The van der Waals surface area contributed by atoms with Crippen molar-refractivity contribution in [3.8, 4) is 0 Å². The van der Waals surface area contributed by atoms with Gasteiger partial charge in [0.15, 0.2) is 0 Å². The van der Waals surface area contributed by atoms with Crippen molar-refractivity contribution in [1.29, 1.82) is 0 Å². The predicted molar refractivity (Wildman–Crippen MR) is 67.0 cm³/mol. The van der Waals surface area contributed by atoms with Gasteiger partial charge in [0.2, 0.25) is 0 Å². The van der Waals surface area contributed by atoms with Gasteiger partial charge in [0, 0.05) is 24.1 Å². The summed E-state index contributed by atoms with van der Waals surface area (Å²) in [7, 11) is 2.20. The van der Waals surface area contributed by atoms with Gasteiger partial charge in [-0.2, -0.15) is 0 Å². The molecule has 0 spiro atoms. The van der Waals surface area contributed by atoms with Crippen LogP contribution in [0.1, 0.15) is 12.5 Å². The van der Waals surface area contributed by atoms with E-state index in [1.165, 1.54) is 5.56 Å². The average molecular weight is 269 g/mol. The van der Waals surface area contributed by atoms with Crippen molar-refractivity contribution < 1.29 is 0 Å². The summed E-state index contributed by atoms with van der Waals surface area (Å²) >= 11 is 3.47. The molecular weight excluding hydrogens is 252 g/mol. The molecule has 15 heavy (non-hydrogen) atoms. The van der Waals surface area contributed by atoms with E-state index in [2.05, 4.69) is 64.4 Å². The summed E-state index contributed by atoms with van der Waals surface area (Å²) in [6.07, 6.45) is 0. The number of hydrogen-bond donors (Lipinski definition) is 1. The van der Waals surface area contributed by atoms with Gasteiger partial charge in [0.25, 0.3) is 0 Å². The predicted octanol–water partition coefficient (Wildman–Crippen LogP) is 2.20. The molecule has 0 aliphatic carbocycles. The molecular formula is C12H17BrN2. The standard InChI is InChI=1S/C12H17BrN2/c1-12(9-14-7-8-15(12)2)10-3-5-11(13)6-4-10/h3-6,14H,7-9H2,1-2H3. The highest BCUT2D eigenvalue weighted by Gasteiger charge is 2.33. The Hall–Kier alpha value is -0.380. The van der Waals surface area contributed by atoms with Gasteiger partial charge in [-0.15, -0.1) is 0 Å². The maximum Gasteiger partial charge on any atom is 0.0555 e. The first kappa shape index (κ1) is 11.1. The van der Waals surface area contributed by atoms with Gasteiger partial charge in [0.05, 0.1) is 5.54 Å². The van der Waals surface area contributed by atoms with Crippen LogP contribution in [-0.2, 0) is 5.54 Å². The van der Waals surface area contributed by atoms with E-state index in [9.17, 15) is 0 Å². The maximum atomic E-state index is 3.47. The molecule has 1 N–H and O–H groups in total. The molecule has 0 radical (unpaired) electrons. The van der Waals surface area contributed by atoms with Crippen LogP contribution in [0.5, 0.6) is 0 Å².